The molecular weight excluding hydrogens is 396 g/mol. The molecule has 2 rings (SSSR count). The number of esters is 1. The van der Waals surface area contributed by atoms with Crippen LogP contribution in [0.4, 0.5) is 5.69 Å². The molecule has 0 radical (unpaired) electrons. The number of halogens is 1. The number of methoxy groups -OCH3 is 1. The van der Waals surface area contributed by atoms with Crippen molar-refractivity contribution in [1.82, 2.24) is 4.98 Å². The molecule has 1 unspecified atom stereocenters. The van der Waals surface area contributed by atoms with Crippen molar-refractivity contribution in [3.05, 3.63) is 34.4 Å². The molecule has 24 heavy (non-hydrogen) atoms. The van der Waals surface area contributed by atoms with E-state index in [2.05, 4.69) is 26.2 Å². The fourth-order valence-corrected chi connectivity index (χ4v) is 3.40. The van der Waals surface area contributed by atoms with Gasteiger partial charge in [0, 0.05) is 27.8 Å². The van der Waals surface area contributed by atoms with Crippen molar-refractivity contribution in [2.45, 2.75) is 19.4 Å². The largest absolute Gasteiger partial charge is 0.464 e. The van der Waals surface area contributed by atoms with E-state index in [4.69, 9.17) is 4.74 Å². The number of anilines is 1. The summed E-state index contributed by atoms with van der Waals surface area (Å²) in [7, 11) is -1.72. The topological polar surface area (TPSA) is 85.4 Å². The van der Waals surface area contributed by atoms with Gasteiger partial charge in [-0.25, -0.2) is 18.2 Å². The van der Waals surface area contributed by atoms with Crippen molar-refractivity contribution >= 4 is 48.3 Å². The first-order valence-electron chi connectivity index (χ1n) is 7.32. The van der Waals surface area contributed by atoms with Crippen LogP contribution in [0.25, 0.3) is 10.9 Å². The number of ether oxygens (including phenoxy) is 1. The molecule has 0 amide bonds. The first kappa shape index (κ1) is 18.7. The second-order valence-corrected chi connectivity index (χ2v) is 8.85. The van der Waals surface area contributed by atoms with Crippen LogP contribution in [-0.4, -0.2) is 44.5 Å². The maximum absolute atomic E-state index is 11.8. The van der Waals surface area contributed by atoms with Gasteiger partial charge in [0.2, 0.25) is 0 Å². The molecule has 0 spiro atoms. The highest BCUT2D eigenvalue weighted by molar-refractivity contribution is 9.10. The Bertz CT molecular complexity index is 868. The van der Waals surface area contributed by atoms with Crippen LogP contribution < -0.4 is 5.32 Å². The highest BCUT2D eigenvalue weighted by Gasteiger charge is 2.15. The lowest BCUT2D eigenvalue weighted by atomic mass is 10.1. The van der Waals surface area contributed by atoms with Crippen molar-refractivity contribution in [2.24, 2.45) is 0 Å². The molecule has 0 fully saturated rings. The number of carbonyl (C=O) groups excluding carboxylic acids is 1. The molecule has 0 saturated heterocycles. The van der Waals surface area contributed by atoms with Crippen LogP contribution in [0, 0.1) is 0 Å². The molecule has 2 aromatic rings. The van der Waals surface area contributed by atoms with Crippen molar-refractivity contribution < 1.29 is 17.9 Å². The Morgan fingerprint density at radius 2 is 2.08 bits per heavy atom. The van der Waals surface area contributed by atoms with Gasteiger partial charge in [-0.2, -0.15) is 0 Å². The van der Waals surface area contributed by atoms with Gasteiger partial charge in [0.1, 0.15) is 9.84 Å². The zero-order valence-electron chi connectivity index (χ0n) is 13.7. The van der Waals surface area contributed by atoms with Crippen LogP contribution >= 0.6 is 15.9 Å². The maximum atomic E-state index is 11.8. The number of aromatic nitrogens is 1. The van der Waals surface area contributed by atoms with Gasteiger partial charge in [-0.05, 0) is 37.6 Å². The zero-order chi connectivity index (χ0) is 17.9. The monoisotopic (exact) mass is 414 g/mol. The highest BCUT2D eigenvalue weighted by Crippen LogP contribution is 2.27. The minimum absolute atomic E-state index is 0.0881. The second kappa shape index (κ2) is 7.48. The molecule has 1 aromatic carbocycles. The van der Waals surface area contributed by atoms with Crippen LogP contribution in [0.5, 0.6) is 0 Å². The van der Waals surface area contributed by atoms with Gasteiger partial charge in [0.15, 0.2) is 5.69 Å². The highest BCUT2D eigenvalue weighted by atomic mass is 79.9. The standard InChI is InChI=1S/C16H19BrN2O4S/c1-10(6-7-24(3,21)22)18-14-9-15(16(20)23-2)19-13-5-4-11(17)8-12(13)14/h4-5,8-10H,6-7H2,1-3H3,(H,18,19). The predicted molar refractivity (Wildman–Crippen MR) is 98.2 cm³/mol. The third kappa shape index (κ3) is 4.91. The quantitative estimate of drug-likeness (QED) is 0.731. The Morgan fingerprint density at radius 1 is 1.38 bits per heavy atom. The van der Waals surface area contributed by atoms with Crippen LogP contribution in [0.2, 0.25) is 0 Å². The number of fused-ring (bicyclic) bond motifs is 1. The number of nitrogens with zero attached hydrogens (tertiary/aromatic N) is 1. The average Bonchev–Trinajstić information content (AvgIpc) is 2.51. The summed E-state index contributed by atoms with van der Waals surface area (Å²) in [4.78, 5) is 16.1. The van der Waals surface area contributed by atoms with E-state index in [-0.39, 0.29) is 17.5 Å². The summed E-state index contributed by atoms with van der Waals surface area (Å²) in [6.07, 6.45) is 1.68. The number of rotatable bonds is 6. The normalized spacial score (nSPS) is 12.8. The van der Waals surface area contributed by atoms with Gasteiger partial charge >= 0.3 is 5.97 Å². The van der Waals surface area contributed by atoms with E-state index in [0.717, 1.165) is 9.86 Å². The molecule has 8 heteroatoms. The smallest absolute Gasteiger partial charge is 0.356 e. The first-order valence-corrected chi connectivity index (χ1v) is 10.2. The van der Waals surface area contributed by atoms with Gasteiger partial charge in [0.05, 0.1) is 18.4 Å². The molecule has 1 N–H and O–H groups in total. The fraction of sp³-hybridized carbons (Fsp3) is 0.375. The Kier molecular flexibility index (Phi) is 5.82. The van der Waals surface area contributed by atoms with Gasteiger partial charge in [0.25, 0.3) is 0 Å². The van der Waals surface area contributed by atoms with E-state index < -0.39 is 15.8 Å². The number of carbonyl (C=O) groups is 1. The summed E-state index contributed by atoms with van der Waals surface area (Å²) in [6.45, 7) is 1.90. The van der Waals surface area contributed by atoms with Crippen molar-refractivity contribution in [3.8, 4) is 0 Å². The molecule has 1 aromatic heterocycles. The van der Waals surface area contributed by atoms with Crippen molar-refractivity contribution in [1.29, 1.82) is 0 Å². The SMILES string of the molecule is COC(=O)c1cc(NC(C)CCS(C)(=O)=O)c2cc(Br)ccc2n1. The Labute approximate surface area is 149 Å². The summed E-state index contributed by atoms with van der Waals surface area (Å²) < 4.78 is 28.3. The molecule has 0 aliphatic carbocycles. The molecule has 0 bridgehead atoms. The molecular formula is C16H19BrN2O4S. The Balaban J connectivity index is 2.38. The molecule has 1 heterocycles. The number of pyridine rings is 1. The van der Waals surface area contributed by atoms with Crippen molar-refractivity contribution in [3.63, 3.8) is 0 Å². The fourth-order valence-electron chi connectivity index (χ4n) is 2.26. The van der Waals surface area contributed by atoms with Gasteiger partial charge < -0.3 is 10.1 Å². The van der Waals surface area contributed by atoms with E-state index in [1.165, 1.54) is 13.4 Å². The van der Waals surface area contributed by atoms with Gasteiger partial charge in [-0.1, -0.05) is 15.9 Å². The van der Waals surface area contributed by atoms with Crippen LogP contribution in [-0.2, 0) is 14.6 Å². The third-order valence-corrected chi connectivity index (χ3v) is 4.96. The van der Waals surface area contributed by atoms with E-state index in [1.54, 1.807) is 12.1 Å². The Hall–Kier alpha value is -1.67. The molecule has 1 atom stereocenters. The zero-order valence-corrected chi connectivity index (χ0v) is 16.1. The molecule has 0 saturated carbocycles. The summed E-state index contributed by atoms with van der Waals surface area (Å²) in [6, 6.07) is 7.08. The molecule has 130 valence electrons. The summed E-state index contributed by atoms with van der Waals surface area (Å²) in [5, 5.41) is 4.11. The number of benzene rings is 1. The lowest BCUT2D eigenvalue weighted by Gasteiger charge is -2.17. The number of hydrogen-bond donors (Lipinski definition) is 1. The third-order valence-electron chi connectivity index (χ3n) is 3.49. The Morgan fingerprint density at radius 3 is 2.71 bits per heavy atom. The summed E-state index contributed by atoms with van der Waals surface area (Å²) >= 11 is 3.42. The molecule has 0 aliphatic rings. The molecule has 6 nitrogen and oxygen atoms in total. The summed E-state index contributed by atoms with van der Waals surface area (Å²) in [5.41, 5.74) is 1.56. The van der Waals surface area contributed by atoms with Gasteiger partial charge in [-0.3, -0.25) is 0 Å². The van der Waals surface area contributed by atoms with Crippen LogP contribution in [0.3, 0.4) is 0 Å². The predicted octanol–water partition coefficient (Wildman–Crippen LogP) is 3.02. The van der Waals surface area contributed by atoms with E-state index in [9.17, 15) is 13.2 Å². The van der Waals surface area contributed by atoms with E-state index in [0.29, 0.717) is 17.6 Å². The van der Waals surface area contributed by atoms with Crippen molar-refractivity contribution in [2.75, 3.05) is 24.4 Å². The second-order valence-electron chi connectivity index (χ2n) is 5.67. The number of sulfone groups is 1. The first-order chi connectivity index (χ1) is 11.2. The minimum Gasteiger partial charge on any atom is -0.464 e. The van der Waals surface area contributed by atoms with E-state index in [1.807, 2.05) is 19.1 Å². The number of nitrogens with one attached hydrogen (secondary N) is 1. The van der Waals surface area contributed by atoms with Crippen LogP contribution in [0.1, 0.15) is 23.8 Å². The maximum Gasteiger partial charge on any atom is 0.356 e. The summed E-state index contributed by atoms with van der Waals surface area (Å²) in [5.74, 6) is -0.427. The van der Waals surface area contributed by atoms with E-state index >= 15 is 0 Å². The number of hydrogen-bond acceptors (Lipinski definition) is 6. The molecule has 0 aliphatic heterocycles. The lowest BCUT2D eigenvalue weighted by Crippen LogP contribution is -2.20. The average molecular weight is 415 g/mol. The van der Waals surface area contributed by atoms with Crippen LogP contribution in [0.15, 0.2) is 28.7 Å². The lowest BCUT2D eigenvalue weighted by molar-refractivity contribution is 0.0594. The van der Waals surface area contributed by atoms with Gasteiger partial charge in [-0.15, -0.1) is 0 Å². The minimum atomic E-state index is -3.02.